The van der Waals surface area contributed by atoms with Crippen LogP contribution < -0.4 is 0 Å². The van der Waals surface area contributed by atoms with Crippen LogP contribution in [0.5, 0.6) is 0 Å². The molecule has 1 aromatic rings. The predicted octanol–water partition coefficient (Wildman–Crippen LogP) is 1.68. The van der Waals surface area contributed by atoms with Gasteiger partial charge in [0.05, 0.1) is 0 Å². The first kappa shape index (κ1) is 6.68. The molecule has 0 fully saturated rings. The van der Waals surface area contributed by atoms with E-state index in [-0.39, 0.29) is 0 Å². The fraction of sp³-hybridized carbons (Fsp3) is 0.667. The lowest BCUT2D eigenvalue weighted by Gasteiger charge is -1.87. The van der Waals surface area contributed by atoms with Gasteiger partial charge >= 0.3 is 0 Å². The largest absolute Gasteiger partial charge is 0.217 e. The molecule has 0 atom stereocenters. The molecule has 0 saturated heterocycles. The van der Waals surface area contributed by atoms with Crippen molar-refractivity contribution in [2.75, 3.05) is 0 Å². The summed E-state index contributed by atoms with van der Waals surface area (Å²) >= 11 is 1.30. The smallest absolute Gasteiger partial charge is 0.174 e. The monoisotopic (exact) mass is 141 g/mol. The molecule has 0 amide bonds. The lowest BCUT2D eigenvalue weighted by molar-refractivity contribution is 0.764. The first-order chi connectivity index (χ1) is 4.43. The van der Waals surface area contributed by atoms with Gasteiger partial charge in [-0.15, -0.1) is 0 Å². The van der Waals surface area contributed by atoms with Crippen molar-refractivity contribution in [3.8, 4) is 0 Å². The van der Waals surface area contributed by atoms with Gasteiger partial charge in [0, 0.05) is 6.42 Å². The van der Waals surface area contributed by atoms with Gasteiger partial charge in [-0.05, 0) is 18.0 Å². The first-order valence-corrected chi connectivity index (χ1v) is 3.89. The Labute approximate surface area is 59.1 Å². The highest BCUT2D eigenvalue weighted by molar-refractivity contribution is 7.02. The second kappa shape index (κ2) is 3.56. The van der Waals surface area contributed by atoms with Crippen molar-refractivity contribution >= 4 is 11.5 Å². The van der Waals surface area contributed by atoms with Crippen LogP contribution in [0.3, 0.4) is 0 Å². The molecule has 1 rings (SSSR count). The fourth-order valence-corrected chi connectivity index (χ4v) is 1.03. The molecule has 1 aromatic heterocycles. The zero-order valence-electron chi connectivity index (χ0n) is 5.42. The number of unbranched alkanes of at least 4 members (excludes halogenated alkanes) is 1. The third kappa shape index (κ3) is 2.10. The molecule has 0 N–H and O–H groups in total. The van der Waals surface area contributed by atoms with E-state index in [1.165, 1.54) is 24.4 Å². The molecule has 9 heavy (non-hydrogen) atoms. The Morgan fingerprint density at radius 2 is 2.56 bits per heavy atom. The zero-order valence-corrected chi connectivity index (χ0v) is 6.24. The molecule has 49 valence electrons. The minimum Gasteiger partial charge on any atom is -0.217 e. The average molecular weight is 141 g/mol. The first-order valence-electron chi connectivity index (χ1n) is 3.12. The Morgan fingerprint density at radius 3 is 3.11 bits per heavy atom. The summed E-state index contributed by atoms with van der Waals surface area (Å²) in [6, 6.07) is 0. The van der Waals surface area contributed by atoms with Crippen LogP contribution in [-0.2, 0) is 6.42 Å². The molecule has 1 radical (unpaired) electrons. The van der Waals surface area contributed by atoms with Gasteiger partial charge in [-0.3, -0.25) is 0 Å². The molecule has 0 aliphatic rings. The third-order valence-corrected chi connectivity index (χ3v) is 1.60. The van der Waals surface area contributed by atoms with Crippen LogP contribution in [-0.4, -0.2) is 9.36 Å². The van der Waals surface area contributed by atoms with E-state index >= 15 is 0 Å². The highest BCUT2D eigenvalue weighted by Crippen LogP contribution is 1.98. The maximum absolute atomic E-state index is 4.03. The summed E-state index contributed by atoms with van der Waals surface area (Å²) in [4.78, 5) is 3.94. The summed E-state index contributed by atoms with van der Waals surface area (Å²) < 4.78 is 4.03. The van der Waals surface area contributed by atoms with Gasteiger partial charge in [-0.1, -0.05) is 13.3 Å². The quantitative estimate of drug-likeness (QED) is 0.640. The molecule has 1 heterocycles. The number of nitrogens with zero attached hydrogens (tertiary/aromatic N) is 2. The van der Waals surface area contributed by atoms with E-state index in [0.717, 1.165) is 12.2 Å². The van der Waals surface area contributed by atoms with E-state index in [1.54, 1.807) is 0 Å². The van der Waals surface area contributed by atoms with Crippen molar-refractivity contribution in [1.29, 1.82) is 0 Å². The number of aryl methyl sites for hydroxylation is 1. The van der Waals surface area contributed by atoms with Crippen LogP contribution in [0.2, 0.25) is 0 Å². The topological polar surface area (TPSA) is 25.8 Å². The minimum atomic E-state index is 0.946. The average Bonchev–Trinajstić information content (AvgIpc) is 2.34. The van der Waals surface area contributed by atoms with Gasteiger partial charge in [-0.2, -0.15) is 4.37 Å². The molecule has 0 aliphatic carbocycles. The molecular formula is C6H9N2S. The lowest BCUT2D eigenvalue weighted by atomic mass is 10.2. The van der Waals surface area contributed by atoms with E-state index in [4.69, 9.17) is 0 Å². The van der Waals surface area contributed by atoms with Crippen molar-refractivity contribution < 1.29 is 0 Å². The molecule has 0 saturated carbocycles. The van der Waals surface area contributed by atoms with Crippen LogP contribution in [0, 0.1) is 5.51 Å². The molecule has 0 bridgehead atoms. The van der Waals surface area contributed by atoms with Crippen molar-refractivity contribution in [3.05, 3.63) is 11.3 Å². The van der Waals surface area contributed by atoms with E-state index < -0.39 is 0 Å². The van der Waals surface area contributed by atoms with Crippen molar-refractivity contribution in [3.63, 3.8) is 0 Å². The number of hydrogen-bond donors (Lipinski definition) is 0. The van der Waals surface area contributed by atoms with Gasteiger partial charge in [0.2, 0.25) is 0 Å². The summed E-state index contributed by atoms with van der Waals surface area (Å²) in [6.07, 6.45) is 3.40. The van der Waals surface area contributed by atoms with E-state index in [1.807, 2.05) is 0 Å². The van der Waals surface area contributed by atoms with E-state index in [0.29, 0.717) is 0 Å². The Balaban J connectivity index is 2.30. The zero-order chi connectivity index (χ0) is 6.53. The highest BCUT2D eigenvalue weighted by atomic mass is 32.1. The van der Waals surface area contributed by atoms with Crippen LogP contribution in [0.1, 0.15) is 25.6 Å². The summed E-state index contributed by atoms with van der Waals surface area (Å²) in [7, 11) is 0. The Morgan fingerprint density at radius 1 is 1.67 bits per heavy atom. The molecular weight excluding hydrogens is 132 g/mol. The van der Waals surface area contributed by atoms with Crippen LogP contribution in [0.25, 0.3) is 0 Å². The second-order valence-corrected chi connectivity index (χ2v) is 2.45. The standard InChI is InChI=1S/C6H9N2S/c1-2-3-4-6-7-5-9-8-6/h2-4H2,1H3. The Hall–Kier alpha value is -0.440. The van der Waals surface area contributed by atoms with Crippen molar-refractivity contribution in [2.45, 2.75) is 26.2 Å². The second-order valence-electron chi connectivity index (χ2n) is 1.91. The molecule has 3 heteroatoms. The van der Waals surface area contributed by atoms with Gasteiger partial charge < -0.3 is 0 Å². The number of rotatable bonds is 3. The maximum atomic E-state index is 4.03. The summed E-state index contributed by atoms with van der Waals surface area (Å²) in [5.41, 5.74) is 2.72. The lowest BCUT2D eigenvalue weighted by Crippen LogP contribution is -1.85. The molecule has 2 nitrogen and oxygen atoms in total. The number of hydrogen-bond acceptors (Lipinski definition) is 3. The van der Waals surface area contributed by atoms with E-state index in [2.05, 4.69) is 21.8 Å². The van der Waals surface area contributed by atoms with Crippen LogP contribution in [0.4, 0.5) is 0 Å². The van der Waals surface area contributed by atoms with Crippen LogP contribution >= 0.6 is 11.5 Å². The van der Waals surface area contributed by atoms with Crippen molar-refractivity contribution in [1.82, 2.24) is 9.36 Å². The minimum absolute atomic E-state index is 0.946. The van der Waals surface area contributed by atoms with Crippen molar-refractivity contribution in [2.24, 2.45) is 0 Å². The summed E-state index contributed by atoms with van der Waals surface area (Å²) in [5.74, 6) is 0.946. The summed E-state index contributed by atoms with van der Waals surface area (Å²) in [5, 5.41) is 0. The van der Waals surface area contributed by atoms with Gasteiger partial charge in [0.25, 0.3) is 0 Å². The summed E-state index contributed by atoms with van der Waals surface area (Å²) in [6.45, 7) is 2.16. The van der Waals surface area contributed by atoms with Crippen LogP contribution in [0.15, 0.2) is 0 Å². The highest BCUT2D eigenvalue weighted by Gasteiger charge is 1.93. The normalized spacial score (nSPS) is 9.89. The molecule has 0 unspecified atom stereocenters. The van der Waals surface area contributed by atoms with E-state index in [9.17, 15) is 0 Å². The maximum Gasteiger partial charge on any atom is 0.174 e. The van der Waals surface area contributed by atoms with Gasteiger partial charge in [-0.25, -0.2) is 4.98 Å². The Kier molecular flexibility index (Phi) is 2.64. The van der Waals surface area contributed by atoms with Gasteiger partial charge in [0.1, 0.15) is 5.82 Å². The predicted molar refractivity (Wildman–Crippen MR) is 37.4 cm³/mol. The molecule has 0 aromatic carbocycles. The number of aromatic nitrogens is 2. The molecule has 0 spiro atoms. The molecule has 0 aliphatic heterocycles. The third-order valence-electron chi connectivity index (χ3n) is 1.12. The SMILES string of the molecule is CCCCc1n[c]sn1. The fourth-order valence-electron chi connectivity index (χ4n) is 0.603. The van der Waals surface area contributed by atoms with Gasteiger partial charge in [0.15, 0.2) is 5.51 Å². The Bertz CT molecular complexity index is 148.